The van der Waals surface area contributed by atoms with E-state index in [1.807, 2.05) is 37.3 Å². The summed E-state index contributed by atoms with van der Waals surface area (Å²) >= 11 is 0. The van der Waals surface area contributed by atoms with Crippen LogP contribution < -0.4 is 10.9 Å². The highest BCUT2D eigenvalue weighted by molar-refractivity contribution is 5.82. The maximum Gasteiger partial charge on any atom is 0.347 e. The fraction of sp³-hybridized carbons (Fsp3) is 0.350. The van der Waals surface area contributed by atoms with Crippen molar-refractivity contribution in [1.29, 1.82) is 0 Å². The normalized spacial score (nSPS) is 15.1. The number of anilines is 1. The predicted molar refractivity (Wildman–Crippen MR) is 104 cm³/mol. The molecule has 1 aliphatic heterocycles. The van der Waals surface area contributed by atoms with Gasteiger partial charge in [0, 0.05) is 32.4 Å². The van der Waals surface area contributed by atoms with Gasteiger partial charge in [-0.3, -0.25) is 4.90 Å². The van der Waals surface area contributed by atoms with Gasteiger partial charge in [0.2, 0.25) is 5.89 Å². The number of benzene rings is 1. The summed E-state index contributed by atoms with van der Waals surface area (Å²) in [6.07, 6.45) is 1.71. The highest BCUT2D eigenvalue weighted by Crippen LogP contribution is 2.25. The van der Waals surface area contributed by atoms with E-state index in [9.17, 15) is 4.79 Å². The first-order chi connectivity index (χ1) is 13.2. The Bertz CT molecular complexity index is 996. The van der Waals surface area contributed by atoms with E-state index >= 15 is 0 Å². The van der Waals surface area contributed by atoms with E-state index < -0.39 is 0 Å². The molecular formula is C20H22N4O3. The number of aromatic nitrogens is 2. The summed E-state index contributed by atoms with van der Waals surface area (Å²) in [5.41, 5.74) is 1.79. The zero-order chi connectivity index (χ0) is 18.6. The van der Waals surface area contributed by atoms with Crippen LogP contribution in [0, 0.1) is 6.92 Å². The molecule has 7 nitrogen and oxygen atoms in total. The minimum Gasteiger partial charge on any atom is -0.403 e. The Kier molecular flexibility index (Phi) is 5.13. The van der Waals surface area contributed by atoms with Gasteiger partial charge in [0.25, 0.3) is 0 Å². The smallest absolute Gasteiger partial charge is 0.347 e. The highest BCUT2D eigenvalue weighted by Gasteiger charge is 2.15. The van der Waals surface area contributed by atoms with Crippen molar-refractivity contribution in [2.45, 2.75) is 6.92 Å². The molecule has 4 rings (SSSR count). The van der Waals surface area contributed by atoms with Crippen molar-refractivity contribution in [2.24, 2.45) is 0 Å². The van der Waals surface area contributed by atoms with Gasteiger partial charge in [0.15, 0.2) is 0 Å². The van der Waals surface area contributed by atoms with Gasteiger partial charge in [-0.2, -0.15) is 0 Å². The summed E-state index contributed by atoms with van der Waals surface area (Å²) in [6.45, 7) is 6.95. The molecular weight excluding hydrogens is 344 g/mol. The Morgan fingerprint density at radius 2 is 2.04 bits per heavy atom. The van der Waals surface area contributed by atoms with Gasteiger partial charge in [0.05, 0.1) is 29.7 Å². The Balaban J connectivity index is 1.59. The van der Waals surface area contributed by atoms with Crippen molar-refractivity contribution in [2.75, 3.05) is 44.7 Å². The van der Waals surface area contributed by atoms with Crippen molar-refractivity contribution in [3.05, 3.63) is 52.5 Å². The average Bonchev–Trinajstić information content (AvgIpc) is 2.69. The number of nitrogens with one attached hydrogen (secondary N) is 1. The molecule has 0 aliphatic carbocycles. The maximum absolute atomic E-state index is 12.5. The minimum atomic E-state index is -0.379. The summed E-state index contributed by atoms with van der Waals surface area (Å²) in [5.74, 6) is 0.938. The van der Waals surface area contributed by atoms with Crippen LogP contribution in [0.3, 0.4) is 0 Å². The van der Waals surface area contributed by atoms with Crippen LogP contribution >= 0.6 is 0 Å². The van der Waals surface area contributed by atoms with Crippen LogP contribution in [0.1, 0.15) is 5.56 Å². The topological polar surface area (TPSA) is 80.5 Å². The molecule has 2 aromatic heterocycles. The number of nitrogens with zero attached hydrogens (tertiary/aromatic N) is 3. The lowest BCUT2D eigenvalue weighted by Gasteiger charge is -2.26. The predicted octanol–water partition coefficient (Wildman–Crippen LogP) is 2.30. The number of morpholine rings is 1. The number of ether oxygens (including phenoxy) is 1. The first-order valence-corrected chi connectivity index (χ1v) is 9.12. The van der Waals surface area contributed by atoms with Gasteiger partial charge in [-0.25, -0.2) is 14.8 Å². The lowest BCUT2D eigenvalue weighted by Crippen LogP contribution is -2.39. The van der Waals surface area contributed by atoms with Crippen LogP contribution in [0.15, 0.2) is 45.7 Å². The third-order valence-corrected chi connectivity index (χ3v) is 4.73. The van der Waals surface area contributed by atoms with E-state index in [1.165, 1.54) is 0 Å². The Labute approximate surface area is 157 Å². The van der Waals surface area contributed by atoms with Gasteiger partial charge >= 0.3 is 5.63 Å². The number of aryl methyl sites for hydroxylation is 1. The van der Waals surface area contributed by atoms with Gasteiger partial charge in [-0.05, 0) is 30.7 Å². The zero-order valence-corrected chi connectivity index (χ0v) is 15.3. The summed E-state index contributed by atoms with van der Waals surface area (Å²) < 4.78 is 10.9. The van der Waals surface area contributed by atoms with Crippen molar-refractivity contribution in [1.82, 2.24) is 14.9 Å². The maximum atomic E-state index is 12.5. The molecule has 0 saturated carbocycles. The van der Waals surface area contributed by atoms with E-state index in [0.29, 0.717) is 22.3 Å². The van der Waals surface area contributed by atoms with Gasteiger partial charge in [0.1, 0.15) is 5.82 Å². The van der Waals surface area contributed by atoms with E-state index in [-0.39, 0.29) is 11.5 Å². The summed E-state index contributed by atoms with van der Waals surface area (Å²) in [4.78, 5) is 23.8. The SMILES string of the molecule is Cc1cccc2nc(-c3cccnc3NCCN3CCOCC3)oc(=O)c12. The Morgan fingerprint density at radius 1 is 1.19 bits per heavy atom. The fourth-order valence-corrected chi connectivity index (χ4v) is 3.27. The third-order valence-electron chi connectivity index (χ3n) is 4.73. The number of rotatable bonds is 5. The molecule has 1 N–H and O–H groups in total. The molecule has 0 atom stereocenters. The second-order valence-corrected chi connectivity index (χ2v) is 6.56. The molecule has 27 heavy (non-hydrogen) atoms. The number of pyridine rings is 1. The quantitative estimate of drug-likeness (QED) is 0.742. The molecule has 0 spiro atoms. The largest absolute Gasteiger partial charge is 0.403 e. The standard InChI is InChI=1S/C20H22N4O3/c1-14-4-2-6-16-17(14)20(25)27-19(23-16)15-5-3-7-21-18(15)22-8-9-24-10-12-26-13-11-24/h2-7H,8-13H2,1H3,(H,21,22). The lowest BCUT2D eigenvalue weighted by atomic mass is 10.1. The first kappa shape index (κ1) is 17.6. The molecule has 7 heteroatoms. The van der Waals surface area contributed by atoms with Crippen LogP contribution in [0.4, 0.5) is 5.82 Å². The molecule has 3 aromatic rings. The molecule has 1 fully saturated rings. The van der Waals surface area contributed by atoms with Gasteiger partial charge in [-0.15, -0.1) is 0 Å². The second-order valence-electron chi connectivity index (χ2n) is 6.56. The number of fused-ring (bicyclic) bond motifs is 1. The minimum absolute atomic E-state index is 0.278. The fourth-order valence-electron chi connectivity index (χ4n) is 3.27. The van der Waals surface area contributed by atoms with Gasteiger partial charge < -0.3 is 14.5 Å². The molecule has 0 unspecified atom stereocenters. The Morgan fingerprint density at radius 3 is 2.89 bits per heavy atom. The second kappa shape index (κ2) is 7.85. The third kappa shape index (κ3) is 3.84. The molecule has 1 saturated heterocycles. The van der Waals surface area contributed by atoms with Crippen LogP contribution in [0.5, 0.6) is 0 Å². The average molecular weight is 366 g/mol. The summed E-state index contributed by atoms with van der Waals surface area (Å²) in [6, 6.07) is 9.26. The first-order valence-electron chi connectivity index (χ1n) is 9.12. The van der Waals surface area contributed by atoms with E-state index in [2.05, 4.69) is 20.2 Å². The Hall–Kier alpha value is -2.77. The number of hydrogen-bond acceptors (Lipinski definition) is 7. The monoisotopic (exact) mass is 366 g/mol. The van der Waals surface area contributed by atoms with E-state index in [1.54, 1.807) is 6.20 Å². The van der Waals surface area contributed by atoms with Crippen LogP contribution in [-0.2, 0) is 4.74 Å². The summed E-state index contributed by atoms with van der Waals surface area (Å²) in [7, 11) is 0. The zero-order valence-electron chi connectivity index (χ0n) is 15.3. The van der Waals surface area contributed by atoms with Crippen LogP contribution in [-0.4, -0.2) is 54.3 Å². The van der Waals surface area contributed by atoms with E-state index in [0.717, 1.165) is 45.0 Å². The van der Waals surface area contributed by atoms with E-state index in [4.69, 9.17) is 9.15 Å². The van der Waals surface area contributed by atoms with Crippen LogP contribution in [0.25, 0.3) is 22.4 Å². The van der Waals surface area contributed by atoms with Gasteiger partial charge in [-0.1, -0.05) is 12.1 Å². The molecule has 3 heterocycles. The molecule has 0 bridgehead atoms. The molecule has 140 valence electrons. The highest BCUT2D eigenvalue weighted by atomic mass is 16.5. The lowest BCUT2D eigenvalue weighted by molar-refractivity contribution is 0.0398. The summed E-state index contributed by atoms with van der Waals surface area (Å²) in [5, 5.41) is 3.86. The molecule has 0 amide bonds. The molecule has 0 radical (unpaired) electrons. The molecule has 1 aliphatic rings. The number of hydrogen-bond donors (Lipinski definition) is 1. The van der Waals surface area contributed by atoms with Crippen molar-refractivity contribution < 1.29 is 9.15 Å². The van der Waals surface area contributed by atoms with Crippen molar-refractivity contribution >= 4 is 16.7 Å². The molecule has 1 aromatic carbocycles. The van der Waals surface area contributed by atoms with Crippen molar-refractivity contribution in [3.63, 3.8) is 0 Å². The van der Waals surface area contributed by atoms with Crippen LogP contribution in [0.2, 0.25) is 0 Å². The van der Waals surface area contributed by atoms with Crippen molar-refractivity contribution in [3.8, 4) is 11.5 Å².